The molecule has 0 aliphatic carbocycles. The number of nitrogens with zero attached hydrogens (tertiary/aromatic N) is 4. The summed E-state index contributed by atoms with van der Waals surface area (Å²) in [5, 5.41) is 10.4. The zero-order valence-electron chi connectivity index (χ0n) is 10.4. The molecule has 1 aromatic rings. The lowest BCUT2D eigenvalue weighted by Gasteiger charge is -2.29. The lowest BCUT2D eigenvalue weighted by Crippen LogP contribution is -2.42. The standard InChI is InChI=1S/C11H16F3N5/c12-11(13,14)10-17-16-9-7-18(4-5-19(9)10)6-8-2-1-3-15-8/h8,15H,1-7H2/t8-/m0/s1. The summed E-state index contributed by atoms with van der Waals surface area (Å²) >= 11 is 0. The molecular formula is C11H16F3N5. The van der Waals surface area contributed by atoms with E-state index in [-0.39, 0.29) is 0 Å². The molecule has 5 nitrogen and oxygen atoms in total. The predicted octanol–water partition coefficient (Wildman–Crippen LogP) is 0.864. The van der Waals surface area contributed by atoms with Crippen molar-refractivity contribution in [2.75, 3.05) is 19.6 Å². The van der Waals surface area contributed by atoms with Gasteiger partial charge in [-0.05, 0) is 19.4 Å². The van der Waals surface area contributed by atoms with E-state index in [0.717, 1.165) is 19.5 Å². The largest absolute Gasteiger partial charge is 0.451 e. The van der Waals surface area contributed by atoms with E-state index < -0.39 is 12.0 Å². The van der Waals surface area contributed by atoms with Crippen molar-refractivity contribution in [3.63, 3.8) is 0 Å². The Bertz CT molecular complexity index is 450. The van der Waals surface area contributed by atoms with Gasteiger partial charge in [-0.3, -0.25) is 4.90 Å². The lowest BCUT2D eigenvalue weighted by atomic mass is 10.2. The van der Waals surface area contributed by atoms with Crippen LogP contribution in [0.4, 0.5) is 13.2 Å². The van der Waals surface area contributed by atoms with Crippen LogP contribution in [0.3, 0.4) is 0 Å². The average molecular weight is 275 g/mol. The molecule has 0 spiro atoms. The second kappa shape index (κ2) is 4.75. The maximum absolute atomic E-state index is 12.7. The maximum Gasteiger partial charge on any atom is 0.451 e. The molecule has 3 heterocycles. The Morgan fingerprint density at radius 1 is 1.26 bits per heavy atom. The smallest absolute Gasteiger partial charge is 0.313 e. The summed E-state index contributed by atoms with van der Waals surface area (Å²) in [6.45, 7) is 3.28. The highest BCUT2D eigenvalue weighted by Gasteiger charge is 2.39. The van der Waals surface area contributed by atoms with Gasteiger partial charge in [0.2, 0.25) is 5.82 Å². The Balaban J connectivity index is 1.69. The van der Waals surface area contributed by atoms with Crippen molar-refractivity contribution in [1.29, 1.82) is 0 Å². The highest BCUT2D eigenvalue weighted by molar-refractivity contribution is 5.02. The van der Waals surface area contributed by atoms with Crippen LogP contribution in [0.15, 0.2) is 0 Å². The van der Waals surface area contributed by atoms with E-state index >= 15 is 0 Å². The Hall–Kier alpha value is -1.15. The molecular weight excluding hydrogens is 259 g/mol. The molecule has 1 saturated heterocycles. The number of aromatic nitrogens is 3. The van der Waals surface area contributed by atoms with Gasteiger partial charge in [0.05, 0.1) is 6.54 Å². The van der Waals surface area contributed by atoms with Gasteiger partial charge in [0, 0.05) is 25.7 Å². The molecule has 106 valence electrons. The van der Waals surface area contributed by atoms with Gasteiger partial charge in [0.25, 0.3) is 0 Å². The second-order valence-electron chi connectivity index (χ2n) is 5.12. The normalized spacial score (nSPS) is 24.7. The predicted molar refractivity (Wildman–Crippen MR) is 61.3 cm³/mol. The van der Waals surface area contributed by atoms with Gasteiger partial charge in [0.1, 0.15) is 5.82 Å². The quantitative estimate of drug-likeness (QED) is 0.870. The van der Waals surface area contributed by atoms with Crippen LogP contribution in [-0.4, -0.2) is 45.3 Å². The van der Waals surface area contributed by atoms with Crippen LogP contribution < -0.4 is 5.32 Å². The number of nitrogens with one attached hydrogen (secondary N) is 1. The zero-order valence-corrected chi connectivity index (χ0v) is 10.4. The molecule has 1 atom stereocenters. The van der Waals surface area contributed by atoms with Crippen LogP contribution in [0.2, 0.25) is 0 Å². The van der Waals surface area contributed by atoms with Crippen molar-refractivity contribution >= 4 is 0 Å². The Morgan fingerprint density at radius 2 is 2.11 bits per heavy atom. The fourth-order valence-corrected chi connectivity index (χ4v) is 2.80. The molecule has 0 bridgehead atoms. The number of halogens is 3. The molecule has 0 unspecified atom stereocenters. The highest BCUT2D eigenvalue weighted by atomic mass is 19.4. The van der Waals surface area contributed by atoms with Crippen molar-refractivity contribution in [3.05, 3.63) is 11.6 Å². The first-order valence-electron chi connectivity index (χ1n) is 6.49. The topological polar surface area (TPSA) is 46.0 Å². The van der Waals surface area contributed by atoms with Gasteiger partial charge in [-0.2, -0.15) is 13.2 Å². The molecule has 0 saturated carbocycles. The third-order valence-electron chi connectivity index (χ3n) is 3.73. The van der Waals surface area contributed by atoms with Crippen LogP contribution in [0.25, 0.3) is 0 Å². The Labute approximate surface area is 108 Å². The van der Waals surface area contributed by atoms with Crippen molar-refractivity contribution in [2.45, 2.75) is 38.1 Å². The maximum atomic E-state index is 12.7. The molecule has 0 aromatic carbocycles. The van der Waals surface area contributed by atoms with Crippen LogP contribution in [-0.2, 0) is 19.3 Å². The molecule has 2 aliphatic heterocycles. The SMILES string of the molecule is FC(F)(F)c1nnc2n1CCN(C[C@@H]1CCCN1)C2. The first-order chi connectivity index (χ1) is 9.04. The van der Waals surface area contributed by atoms with E-state index in [1.165, 1.54) is 11.0 Å². The average Bonchev–Trinajstić information content (AvgIpc) is 2.95. The fraction of sp³-hybridized carbons (Fsp3) is 0.818. The van der Waals surface area contributed by atoms with Crippen LogP contribution >= 0.6 is 0 Å². The molecule has 1 aromatic heterocycles. The Morgan fingerprint density at radius 3 is 2.79 bits per heavy atom. The molecule has 0 amide bonds. The minimum absolute atomic E-state index is 0.309. The molecule has 1 fully saturated rings. The molecule has 19 heavy (non-hydrogen) atoms. The van der Waals surface area contributed by atoms with E-state index in [0.29, 0.717) is 31.5 Å². The molecule has 3 rings (SSSR count). The van der Waals surface area contributed by atoms with Crippen LogP contribution in [0.1, 0.15) is 24.5 Å². The number of alkyl halides is 3. The highest BCUT2D eigenvalue weighted by Crippen LogP contribution is 2.29. The fourth-order valence-electron chi connectivity index (χ4n) is 2.80. The monoisotopic (exact) mass is 275 g/mol. The van der Waals surface area contributed by atoms with Crippen LogP contribution in [0.5, 0.6) is 0 Å². The van der Waals surface area contributed by atoms with E-state index in [4.69, 9.17) is 0 Å². The van der Waals surface area contributed by atoms with Gasteiger partial charge in [-0.15, -0.1) is 10.2 Å². The number of hydrogen-bond acceptors (Lipinski definition) is 4. The lowest BCUT2D eigenvalue weighted by molar-refractivity contribution is -0.148. The van der Waals surface area contributed by atoms with E-state index in [9.17, 15) is 13.2 Å². The summed E-state index contributed by atoms with van der Waals surface area (Å²) in [6, 6.07) is 0.455. The number of hydrogen-bond donors (Lipinski definition) is 1. The van der Waals surface area contributed by atoms with Crippen LogP contribution in [0, 0.1) is 0 Å². The third-order valence-corrected chi connectivity index (χ3v) is 3.73. The van der Waals surface area contributed by atoms with Gasteiger partial charge in [-0.25, -0.2) is 0 Å². The molecule has 2 aliphatic rings. The van der Waals surface area contributed by atoms with Crippen molar-refractivity contribution < 1.29 is 13.2 Å². The molecule has 1 N–H and O–H groups in total. The zero-order chi connectivity index (χ0) is 13.5. The third kappa shape index (κ3) is 2.59. The summed E-state index contributed by atoms with van der Waals surface area (Å²) in [7, 11) is 0. The van der Waals surface area contributed by atoms with Gasteiger partial charge in [0.15, 0.2) is 0 Å². The minimum Gasteiger partial charge on any atom is -0.313 e. The van der Waals surface area contributed by atoms with E-state index in [1.54, 1.807) is 0 Å². The summed E-state index contributed by atoms with van der Waals surface area (Å²) < 4.78 is 39.3. The summed E-state index contributed by atoms with van der Waals surface area (Å²) in [6.07, 6.45) is -2.11. The molecule has 8 heteroatoms. The minimum atomic E-state index is -4.42. The summed E-state index contributed by atoms with van der Waals surface area (Å²) in [5.41, 5.74) is 0. The summed E-state index contributed by atoms with van der Waals surface area (Å²) in [5.74, 6) is -0.460. The summed E-state index contributed by atoms with van der Waals surface area (Å²) in [4.78, 5) is 2.15. The van der Waals surface area contributed by atoms with E-state index in [2.05, 4.69) is 20.4 Å². The molecule has 0 radical (unpaired) electrons. The second-order valence-corrected chi connectivity index (χ2v) is 5.12. The Kier molecular flexibility index (Phi) is 3.22. The van der Waals surface area contributed by atoms with E-state index in [1.807, 2.05) is 0 Å². The van der Waals surface area contributed by atoms with Crippen molar-refractivity contribution in [3.8, 4) is 0 Å². The first kappa shape index (κ1) is 12.9. The number of rotatable bonds is 2. The van der Waals surface area contributed by atoms with Crippen molar-refractivity contribution in [1.82, 2.24) is 25.0 Å². The van der Waals surface area contributed by atoms with Gasteiger partial charge in [-0.1, -0.05) is 0 Å². The van der Waals surface area contributed by atoms with Gasteiger partial charge < -0.3 is 9.88 Å². The van der Waals surface area contributed by atoms with Crippen molar-refractivity contribution in [2.24, 2.45) is 0 Å². The van der Waals surface area contributed by atoms with Gasteiger partial charge >= 0.3 is 6.18 Å². The number of fused-ring (bicyclic) bond motifs is 1. The first-order valence-corrected chi connectivity index (χ1v) is 6.49.